The van der Waals surface area contributed by atoms with Crippen LogP contribution in [-0.4, -0.2) is 33.6 Å². The molecular weight excluding hydrogens is 528 g/mol. The van der Waals surface area contributed by atoms with Crippen molar-refractivity contribution in [2.75, 3.05) is 0 Å². The van der Waals surface area contributed by atoms with Crippen LogP contribution in [-0.2, 0) is 0 Å². The molecule has 0 aromatic carbocycles. The summed E-state index contributed by atoms with van der Waals surface area (Å²) in [7, 11) is 0. The Morgan fingerprint density at radius 1 is 0.605 bits per heavy atom. The number of rotatable bonds is 10. The van der Waals surface area contributed by atoms with Crippen LogP contribution < -0.4 is 0 Å². The zero-order valence-electron chi connectivity index (χ0n) is 28.3. The largest absolute Gasteiger partial charge is 0.393 e. The van der Waals surface area contributed by atoms with E-state index in [1.54, 1.807) is 0 Å². The van der Waals surface area contributed by atoms with Crippen molar-refractivity contribution in [3.8, 4) is 0 Å². The second-order valence-corrected chi connectivity index (χ2v) is 13.7. The van der Waals surface area contributed by atoms with Gasteiger partial charge in [0.25, 0.3) is 0 Å². The minimum atomic E-state index is -0.761. The van der Waals surface area contributed by atoms with E-state index in [0.29, 0.717) is 6.42 Å². The molecule has 0 heterocycles. The van der Waals surface area contributed by atoms with Crippen molar-refractivity contribution in [1.82, 2.24) is 0 Å². The molecule has 2 aliphatic rings. The smallest absolute Gasteiger partial charge is 0.0893 e. The second kappa shape index (κ2) is 16.2. The summed E-state index contributed by atoms with van der Waals surface area (Å²) >= 11 is 0. The summed E-state index contributed by atoms with van der Waals surface area (Å²) in [5.74, 6) is 0. The highest BCUT2D eigenvalue weighted by molar-refractivity contribution is 5.40. The SMILES string of the molecule is CC1=C(/C=C/C(C)=C/C=C/C(C)=C/C=C/C=C(C)/C=C/C=C(C)/C=C/C2=C(C)CC(O)C(O)C2(C)C)C(C)(C)CC(O)C1. The monoisotopic (exact) mass is 584 g/mol. The Morgan fingerprint density at radius 3 is 1.51 bits per heavy atom. The van der Waals surface area contributed by atoms with Gasteiger partial charge in [-0.2, -0.15) is 0 Å². The summed E-state index contributed by atoms with van der Waals surface area (Å²) in [5, 5.41) is 30.7. The van der Waals surface area contributed by atoms with Crippen molar-refractivity contribution in [2.24, 2.45) is 10.8 Å². The van der Waals surface area contributed by atoms with Gasteiger partial charge in [-0.1, -0.05) is 146 Å². The average molecular weight is 585 g/mol. The molecule has 0 spiro atoms. The molecule has 3 nitrogen and oxygen atoms in total. The van der Waals surface area contributed by atoms with E-state index in [9.17, 15) is 15.3 Å². The number of hydrogen-bond donors (Lipinski definition) is 3. The number of aliphatic hydroxyl groups excluding tert-OH is 3. The van der Waals surface area contributed by atoms with Crippen LogP contribution in [0, 0.1) is 10.8 Å². The van der Waals surface area contributed by atoms with Crippen LogP contribution in [0.15, 0.2) is 130 Å². The van der Waals surface area contributed by atoms with Crippen molar-refractivity contribution < 1.29 is 15.3 Å². The molecule has 2 aliphatic carbocycles. The maximum absolute atomic E-state index is 10.4. The van der Waals surface area contributed by atoms with Crippen molar-refractivity contribution in [3.05, 3.63) is 130 Å². The Hall–Kier alpha value is -2.98. The fourth-order valence-electron chi connectivity index (χ4n) is 6.03. The van der Waals surface area contributed by atoms with Crippen LogP contribution in [0.4, 0.5) is 0 Å². The molecule has 234 valence electrons. The molecule has 0 bridgehead atoms. The van der Waals surface area contributed by atoms with E-state index in [1.165, 1.54) is 22.3 Å². The topological polar surface area (TPSA) is 60.7 Å². The normalized spacial score (nSPS) is 26.5. The first-order valence-electron chi connectivity index (χ1n) is 15.6. The molecule has 0 saturated carbocycles. The highest BCUT2D eigenvalue weighted by atomic mass is 16.3. The highest BCUT2D eigenvalue weighted by Crippen LogP contribution is 2.42. The maximum atomic E-state index is 10.4. The van der Waals surface area contributed by atoms with E-state index >= 15 is 0 Å². The molecule has 2 rings (SSSR count). The molecule has 0 aromatic heterocycles. The summed E-state index contributed by atoms with van der Waals surface area (Å²) in [4.78, 5) is 0. The molecular formula is C40H56O3. The van der Waals surface area contributed by atoms with Crippen LogP contribution in [0.25, 0.3) is 0 Å². The molecule has 3 N–H and O–H groups in total. The number of hydrogen-bond acceptors (Lipinski definition) is 3. The minimum absolute atomic E-state index is 0.00247. The highest BCUT2D eigenvalue weighted by Gasteiger charge is 2.40. The summed E-state index contributed by atoms with van der Waals surface area (Å²) in [6, 6.07) is 0. The Kier molecular flexibility index (Phi) is 13.6. The number of allylic oxidation sites excluding steroid dienone is 19. The Morgan fingerprint density at radius 2 is 1.02 bits per heavy atom. The second-order valence-electron chi connectivity index (χ2n) is 13.7. The van der Waals surface area contributed by atoms with Gasteiger partial charge >= 0.3 is 0 Å². The van der Waals surface area contributed by atoms with Gasteiger partial charge in [0, 0.05) is 5.41 Å². The van der Waals surface area contributed by atoms with E-state index in [2.05, 4.69) is 134 Å². The molecule has 3 heteroatoms. The number of aliphatic hydroxyl groups is 3. The van der Waals surface area contributed by atoms with E-state index in [1.807, 2.05) is 20.8 Å². The van der Waals surface area contributed by atoms with Gasteiger partial charge in [0.15, 0.2) is 0 Å². The third kappa shape index (κ3) is 11.2. The Bertz CT molecular complexity index is 1330. The molecule has 0 fully saturated rings. The molecule has 0 aromatic rings. The third-order valence-corrected chi connectivity index (χ3v) is 8.54. The van der Waals surface area contributed by atoms with Gasteiger partial charge in [-0.3, -0.25) is 0 Å². The molecule has 0 amide bonds. The molecule has 3 unspecified atom stereocenters. The summed E-state index contributed by atoms with van der Waals surface area (Å²) in [6.07, 6.45) is 29.8. The lowest BCUT2D eigenvalue weighted by Crippen LogP contribution is -2.44. The summed E-state index contributed by atoms with van der Waals surface area (Å²) in [6.45, 7) is 20.9. The first-order chi connectivity index (χ1) is 20.0. The van der Waals surface area contributed by atoms with E-state index < -0.39 is 17.6 Å². The third-order valence-electron chi connectivity index (χ3n) is 8.54. The van der Waals surface area contributed by atoms with Crippen molar-refractivity contribution in [2.45, 2.75) is 107 Å². The Balaban J connectivity index is 1.92. The fraction of sp³-hybridized carbons (Fsp3) is 0.450. The zero-order valence-corrected chi connectivity index (χ0v) is 28.3. The molecule has 0 radical (unpaired) electrons. The molecule has 0 aliphatic heterocycles. The lowest BCUT2D eigenvalue weighted by molar-refractivity contribution is -0.0439. The van der Waals surface area contributed by atoms with Gasteiger partial charge in [0.05, 0.1) is 18.3 Å². The quantitative estimate of drug-likeness (QED) is 0.224. The van der Waals surface area contributed by atoms with E-state index in [0.717, 1.165) is 35.1 Å². The van der Waals surface area contributed by atoms with Gasteiger partial charge in [0.1, 0.15) is 0 Å². The van der Waals surface area contributed by atoms with Crippen molar-refractivity contribution >= 4 is 0 Å². The predicted octanol–water partition coefficient (Wildman–Crippen LogP) is 9.52. The lowest BCUT2D eigenvalue weighted by Gasteiger charge is -2.40. The lowest BCUT2D eigenvalue weighted by atomic mass is 9.69. The first-order valence-corrected chi connectivity index (χ1v) is 15.6. The standard InChI is InChI=1S/C40H56O3/c1-28(17-13-19-30(3)21-23-35-32(5)25-34(41)27-39(35,7)8)15-11-12-16-29(2)18-14-20-31(4)22-24-36-33(6)26-37(42)38(43)40(36,9)10/h11-24,34,37-38,41-43H,25-27H2,1-10H3/b12-11+,17-13+,18-14+,23-21+,24-22+,28-15+,29-16+,30-19+,31-20+. The van der Waals surface area contributed by atoms with Gasteiger partial charge in [0.2, 0.25) is 0 Å². The van der Waals surface area contributed by atoms with Gasteiger partial charge < -0.3 is 15.3 Å². The van der Waals surface area contributed by atoms with Crippen LogP contribution in [0.2, 0.25) is 0 Å². The maximum Gasteiger partial charge on any atom is 0.0893 e. The summed E-state index contributed by atoms with van der Waals surface area (Å²) in [5.41, 5.74) is 8.99. The minimum Gasteiger partial charge on any atom is -0.393 e. The van der Waals surface area contributed by atoms with Gasteiger partial charge in [-0.05, 0) is 77.4 Å². The van der Waals surface area contributed by atoms with Crippen LogP contribution in [0.5, 0.6) is 0 Å². The molecule has 43 heavy (non-hydrogen) atoms. The first kappa shape index (κ1) is 36.2. The summed E-state index contributed by atoms with van der Waals surface area (Å²) < 4.78 is 0. The average Bonchev–Trinajstić information content (AvgIpc) is 2.88. The predicted molar refractivity (Wildman–Crippen MR) is 186 cm³/mol. The van der Waals surface area contributed by atoms with Crippen molar-refractivity contribution in [3.63, 3.8) is 0 Å². The molecule has 0 saturated heterocycles. The van der Waals surface area contributed by atoms with Crippen LogP contribution in [0.3, 0.4) is 0 Å². The van der Waals surface area contributed by atoms with E-state index in [-0.39, 0.29) is 11.5 Å². The van der Waals surface area contributed by atoms with Crippen LogP contribution >= 0.6 is 0 Å². The van der Waals surface area contributed by atoms with Gasteiger partial charge in [-0.25, -0.2) is 0 Å². The van der Waals surface area contributed by atoms with E-state index in [4.69, 9.17) is 0 Å². The van der Waals surface area contributed by atoms with Crippen molar-refractivity contribution in [1.29, 1.82) is 0 Å². The molecule has 3 atom stereocenters. The zero-order chi connectivity index (χ0) is 32.4. The van der Waals surface area contributed by atoms with Gasteiger partial charge in [-0.15, -0.1) is 0 Å². The Labute approximate surface area is 262 Å². The van der Waals surface area contributed by atoms with Crippen LogP contribution in [0.1, 0.15) is 88.5 Å². The fourth-order valence-corrected chi connectivity index (χ4v) is 6.03.